The standard InChI is InChI=1S/C37H40N2O10/c1-6-21(2)34(41)38-27-13-10-18-39(27)35(42)29-30(22-11-8-7-9-12-22)37(36(43)46-5,23-14-16-24(44-3)17-15-23)49-25-19-26-32(48-20-47-26)33(45-4)28(25)31(29)40/h7-9,11-12,14-17,19,21,27,29-30H,6,10,13,18,20H2,1-5H3,(H,38,41)/t21?,27-,29+,30+,37?/m0/s1. The van der Waals surface area contributed by atoms with Crippen molar-refractivity contribution in [3.8, 4) is 28.7 Å². The maximum Gasteiger partial charge on any atom is 0.355 e. The van der Waals surface area contributed by atoms with Crippen LogP contribution in [-0.2, 0) is 24.7 Å². The zero-order chi connectivity index (χ0) is 34.9. The number of fused-ring (bicyclic) bond motifs is 2. The van der Waals surface area contributed by atoms with Crippen LogP contribution in [0.2, 0.25) is 0 Å². The molecule has 258 valence electrons. The van der Waals surface area contributed by atoms with Gasteiger partial charge >= 0.3 is 5.97 Å². The summed E-state index contributed by atoms with van der Waals surface area (Å²) in [5.41, 5.74) is -1.39. The first-order valence-electron chi connectivity index (χ1n) is 16.3. The van der Waals surface area contributed by atoms with Crippen LogP contribution < -0.4 is 29.0 Å². The number of esters is 1. The van der Waals surface area contributed by atoms with Gasteiger partial charge in [-0.2, -0.15) is 0 Å². The molecule has 2 amide bonds. The molecule has 0 aromatic heterocycles. The van der Waals surface area contributed by atoms with Gasteiger partial charge in [-0.25, -0.2) is 4.79 Å². The van der Waals surface area contributed by atoms with Crippen LogP contribution in [0.4, 0.5) is 0 Å². The van der Waals surface area contributed by atoms with E-state index in [1.807, 2.05) is 13.8 Å². The highest BCUT2D eigenvalue weighted by Gasteiger charge is 2.62. The van der Waals surface area contributed by atoms with Gasteiger partial charge in [0.05, 0.1) is 27.2 Å². The second-order valence-electron chi connectivity index (χ2n) is 12.3. The highest BCUT2D eigenvalue weighted by Crippen LogP contribution is 2.56. The van der Waals surface area contributed by atoms with E-state index in [-0.39, 0.29) is 53.7 Å². The number of benzene rings is 3. The normalized spacial score (nSPS) is 23.1. The number of nitrogens with one attached hydrogen (secondary N) is 1. The molecule has 6 rings (SSSR count). The van der Waals surface area contributed by atoms with Gasteiger partial charge in [0.1, 0.15) is 29.1 Å². The summed E-state index contributed by atoms with van der Waals surface area (Å²) in [4.78, 5) is 59.5. The predicted octanol–water partition coefficient (Wildman–Crippen LogP) is 4.59. The quantitative estimate of drug-likeness (QED) is 0.254. The van der Waals surface area contributed by atoms with Crippen LogP contribution in [0, 0.1) is 11.8 Å². The van der Waals surface area contributed by atoms with Crippen molar-refractivity contribution in [3.63, 3.8) is 0 Å². The summed E-state index contributed by atoms with van der Waals surface area (Å²) in [6.07, 6.45) is 1.07. The minimum Gasteiger partial charge on any atom is -0.497 e. The smallest absolute Gasteiger partial charge is 0.355 e. The molecule has 3 aromatic carbocycles. The molecule has 0 saturated carbocycles. The first kappa shape index (κ1) is 33.6. The molecule has 2 unspecified atom stereocenters. The Labute approximate surface area is 284 Å². The highest BCUT2D eigenvalue weighted by atomic mass is 16.7. The lowest BCUT2D eigenvalue weighted by atomic mass is 9.68. The Hall–Kier alpha value is -5.26. The maximum atomic E-state index is 15.2. The van der Waals surface area contributed by atoms with Crippen LogP contribution in [0.3, 0.4) is 0 Å². The Morgan fingerprint density at radius 3 is 2.39 bits per heavy atom. The van der Waals surface area contributed by atoms with Gasteiger partial charge in [0.15, 0.2) is 17.3 Å². The second kappa shape index (κ2) is 13.7. The number of ketones is 1. The van der Waals surface area contributed by atoms with Gasteiger partial charge in [-0.15, -0.1) is 0 Å². The fourth-order valence-corrected chi connectivity index (χ4v) is 6.99. The largest absolute Gasteiger partial charge is 0.497 e. The summed E-state index contributed by atoms with van der Waals surface area (Å²) in [7, 11) is 4.12. The maximum absolute atomic E-state index is 15.2. The number of nitrogens with zero attached hydrogens (tertiary/aromatic N) is 1. The van der Waals surface area contributed by atoms with Crippen molar-refractivity contribution in [2.24, 2.45) is 11.8 Å². The van der Waals surface area contributed by atoms with E-state index < -0.39 is 41.3 Å². The molecular weight excluding hydrogens is 632 g/mol. The monoisotopic (exact) mass is 672 g/mol. The summed E-state index contributed by atoms with van der Waals surface area (Å²) in [5.74, 6) is -4.47. The van der Waals surface area contributed by atoms with E-state index >= 15 is 9.59 Å². The molecule has 3 heterocycles. The summed E-state index contributed by atoms with van der Waals surface area (Å²) in [6.45, 7) is 3.89. The average molecular weight is 673 g/mol. The Kier molecular flexibility index (Phi) is 9.40. The molecule has 12 heteroatoms. The van der Waals surface area contributed by atoms with E-state index in [4.69, 9.17) is 28.4 Å². The van der Waals surface area contributed by atoms with Crippen molar-refractivity contribution in [2.45, 2.75) is 50.8 Å². The number of Topliss-reactive ketones (excluding diaryl/α,β-unsaturated/α-hetero) is 1. The van der Waals surface area contributed by atoms with E-state index in [1.54, 1.807) is 54.6 Å². The number of amides is 2. The predicted molar refractivity (Wildman–Crippen MR) is 176 cm³/mol. The zero-order valence-electron chi connectivity index (χ0n) is 28.1. The number of rotatable bonds is 9. The van der Waals surface area contributed by atoms with Crippen LogP contribution >= 0.6 is 0 Å². The molecule has 49 heavy (non-hydrogen) atoms. The van der Waals surface area contributed by atoms with Gasteiger partial charge in [0.2, 0.25) is 30.0 Å². The number of methoxy groups -OCH3 is 3. The molecule has 0 bridgehead atoms. The number of carbonyl (C=O) groups excluding carboxylic acids is 4. The Morgan fingerprint density at radius 2 is 1.73 bits per heavy atom. The number of hydrogen-bond donors (Lipinski definition) is 1. The molecule has 1 saturated heterocycles. The summed E-state index contributed by atoms with van der Waals surface area (Å²) < 4.78 is 34.9. The molecule has 1 fully saturated rings. The molecule has 3 aliphatic heterocycles. The first-order chi connectivity index (χ1) is 23.7. The van der Waals surface area contributed by atoms with Crippen LogP contribution in [0.5, 0.6) is 28.7 Å². The molecule has 3 aromatic rings. The van der Waals surface area contributed by atoms with E-state index in [0.29, 0.717) is 36.1 Å². The van der Waals surface area contributed by atoms with Crippen LogP contribution in [0.25, 0.3) is 0 Å². The third kappa shape index (κ3) is 5.68. The third-order valence-corrected chi connectivity index (χ3v) is 9.70. The van der Waals surface area contributed by atoms with Crippen LogP contribution in [0.15, 0.2) is 60.7 Å². The third-order valence-electron chi connectivity index (χ3n) is 9.70. The van der Waals surface area contributed by atoms with Gasteiger partial charge in [0, 0.05) is 24.1 Å². The van der Waals surface area contributed by atoms with Gasteiger partial charge < -0.3 is 38.6 Å². The van der Waals surface area contributed by atoms with Gasteiger partial charge in [-0.3, -0.25) is 14.4 Å². The van der Waals surface area contributed by atoms with Gasteiger partial charge in [0.25, 0.3) is 0 Å². The molecule has 3 aliphatic rings. The Balaban J connectivity index is 1.64. The first-order valence-corrected chi connectivity index (χ1v) is 16.3. The minimum absolute atomic E-state index is 0.0121. The van der Waals surface area contributed by atoms with E-state index in [2.05, 4.69) is 5.32 Å². The Morgan fingerprint density at radius 1 is 1.00 bits per heavy atom. The van der Waals surface area contributed by atoms with Crippen molar-refractivity contribution in [2.75, 3.05) is 34.7 Å². The molecule has 5 atom stereocenters. The molecule has 0 spiro atoms. The average Bonchev–Trinajstić information content (AvgIpc) is 3.78. The van der Waals surface area contributed by atoms with Crippen molar-refractivity contribution in [3.05, 3.63) is 77.4 Å². The molecule has 12 nitrogen and oxygen atoms in total. The lowest BCUT2D eigenvalue weighted by Gasteiger charge is -2.41. The molecule has 0 radical (unpaired) electrons. The van der Waals surface area contributed by atoms with Crippen molar-refractivity contribution in [1.29, 1.82) is 0 Å². The van der Waals surface area contributed by atoms with Crippen LogP contribution in [0.1, 0.15) is 60.5 Å². The molecule has 1 N–H and O–H groups in total. The van der Waals surface area contributed by atoms with E-state index in [1.165, 1.54) is 32.3 Å². The lowest BCUT2D eigenvalue weighted by Crippen LogP contribution is -2.56. The molecule has 0 aliphatic carbocycles. The lowest BCUT2D eigenvalue weighted by molar-refractivity contribution is -0.165. The van der Waals surface area contributed by atoms with Crippen molar-refractivity contribution < 1.29 is 47.6 Å². The van der Waals surface area contributed by atoms with Gasteiger partial charge in [-0.1, -0.05) is 56.3 Å². The number of carbonyl (C=O) groups is 4. The van der Waals surface area contributed by atoms with Crippen molar-refractivity contribution >= 4 is 23.6 Å². The fraction of sp³-hybridized carbons (Fsp3) is 0.405. The number of hydrogen-bond acceptors (Lipinski definition) is 10. The second-order valence-corrected chi connectivity index (χ2v) is 12.3. The van der Waals surface area contributed by atoms with E-state index in [9.17, 15) is 9.59 Å². The zero-order valence-corrected chi connectivity index (χ0v) is 28.1. The number of ether oxygens (including phenoxy) is 6. The fourth-order valence-electron chi connectivity index (χ4n) is 6.99. The Bertz CT molecular complexity index is 1740. The number of likely N-dealkylation sites (tertiary alicyclic amines) is 1. The van der Waals surface area contributed by atoms with Crippen molar-refractivity contribution in [1.82, 2.24) is 10.2 Å². The van der Waals surface area contributed by atoms with E-state index in [0.717, 1.165) is 0 Å². The minimum atomic E-state index is -2.10. The topological polar surface area (TPSA) is 139 Å². The summed E-state index contributed by atoms with van der Waals surface area (Å²) >= 11 is 0. The summed E-state index contributed by atoms with van der Waals surface area (Å²) in [6, 6.07) is 16.9. The SMILES string of the molecule is CCC(C)C(=O)N[C@@H]1CCCN1C(=O)[C@H]1C(=O)c2c(cc3c(c2OC)OCO3)OC(C(=O)OC)(c2ccc(OC)cc2)[C@@H]1c1ccccc1. The summed E-state index contributed by atoms with van der Waals surface area (Å²) in [5, 5.41) is 3.02. The van der Waals surface area contributed by atoms with Gasteiger partial charge in [-0.05, 0) is 37.0 Å². The molecular formula is C37H40N2O10. The highest BCUT2D eigenvalue weighted by molar-refractivity contribution is 6.15. The van der Waals surface area contributed by atoms with Crippen LogP contribution in [-0.4, -0.2) is 69.3 Å².